The van der Waals surface area contributed by atoms with Crippen LogP contribution in [0, 0.1) is 6.92 Å². The summed E-state index contributed by atoms with van der Waals surface area (Å²) in [6.45, 7) is 1.58. The Morgan fingerprint density at radius 1 is 1.12 bits per heavy atom. The fraction of sp³-hybridized carbons (Fsp3) is 0.188. The Balaban J connectivity index is 2.48. The summed E-state index contributed by atoms with van der Waals surface area (Å²) < 4.78 is 37.7. The molecule has 0 aromatic heterocycles. The number of methoxy groups -OCH3 is 2. The molecule has 0 saturated carbocycles. The summed E-state index contributed by atoms with van der Waals surface area (Å²) in [4.78, 5) is 11.0. The maximum absolute atomic E-state index is 12.6. The maximum Gasteiger partial charge on any atom is 0.335 e. The number of nitrogens with one attached hydrogen (secondary N) is 1. The molecule has 0 aliphatic heterocycles. The van der Waals surface area contributed by atoms with Crippen LogP contribution in [-0.2, 0) is 10.0 Å². The second-order valence-electron chi connectivity index (χ2n) is 5.07. The van der Waals surface area contributed by atoms with Gasteiger partial charge in [-0.25, -0.2) is 13.2 Å². The number of anilines is 1. The van der Waals surface area contributed by atoms with Crippen LogP contribution in [0.15, 0.2) is 35.2 Å². The van der Waals surface area contributed by atoms with Crippen LogP contribution < -0.4 is 14.2 Å². The van der Waals surface area contributed by atoms with Crippen molar-refractivity contribution in [1.82, 2.24) is 0 Å². The number of benzene rings is 2. The van der Waals surface area contributed by atoms with Gasteiger partial charge in [-0.15, -0.1) is 0 Å². The van der Waals surface area contributed by atoms with E-state index in [1.54, 1.807) is 6.92 Å². The molecule has 0 heterocycles. The molecule has 0 amide bonds. The zero-order valence-electron chi connectivity index (χ0n) is 13.7. The SMILES string of the molecule is COc1cc(OC)c(NS(=O)(=O)c2ccc(C)c(C(=O)O)c2)cc1Cl. The zero-order chi connectivity index (χ0) is 18.8. The lowest BCUT2D eigenvalue weighted by atomic mass is 10.1. The second-order valence-corrected chi connectivity index (χ2v) is 7.16. The Hall–Kier alpha value is -2.45. The van der Waals surface area contributed by atoms with Gasteiger partial charge in [0, 0.05) is 6.07 Å². The van der Waals surface area contributed by atoms with Gasteiger partial charge in [-0.05, 0) is 30.7 Å². The first-order chi connectivity index (χ1) is 11.7. The first-order valence-corrected chi connectivity index (χ1v) is 8.84. The summed E-state index contributed by atoms with van der Waals surface area (Å²) in [5.74, 6) is -0.681. The van der Waals surface area contributed by atoms with Crippen molar-refractivity contribution in [2.75, 3.05) is 18.9 Å². The summed E-state index contributed by atoms with van der Waals surface area (Å²) >= 11 is 6.03. The Labute approximate surface area is 150 Å². The highest BCUT2D eigenvalue weighted by Crippen LogP contribution is 2.37. The third kappa shape index (κ3) is 3.97. The van der Waals surface area contributed by atoms with E-state index in [0.717, 1.165) is 6.07 Å². The number of halogens is 1. The molecule has 2 rings (SSSR count). The number of sulfonamides is 1. The van der Waals surface area contributed by atoms with Gasteiger partial charge in [-0.2, -0.15) is 0 Å². The standard InChI is InChI=1S/C16H16ClNO6S/c1-9-4-5-10(6-11(9)16(19)20)25(21,22)18-13-7-12(17)14(23-2)8-15(13)24-3/h4-8,18H,1-3H3,(H,19,20). The third-order valence-corrected chi connectivity index (χ3v) is 5.13. The molecule has 134 valence electrons. The molecule has 2 aromatic carbocycles. The van der Waals surface area contributed by atoms with Crippen molar-refractivity contribution in [1.29, 1.82) is 0 Å². The van der Waals surface area contributed by atoms with E-state index in [4.69, 9.17) is 26.2 Å². The van der Waals surface area contributed by atoms with Crippen LogP contribution in [0.5, 0.6) is 11.5 Å². The molecule has 0 spiro atoms. The highest BCUT2D eigenvalue weighted by atomic mass is 35.5. The van der Waals surface area contributed by atoms with E-state index in [2.05, 4.69) is 4.72 Å². The summed E-state index contributed by atoms with van der Waals surface area (Å²) in [7, 11) is -1.26. The average Bonchev–Trinajstić information content (AvgIpc) is 2.54. The van der Waals surface area contributed by atoms with Crippen molar-refractivity contribution in [3.05, 3.63) is 46.5 Å². The molecule has 0 fully saturated rings. The van der Waals surface area contributed by atoms with E-state index in [-0.39, 0.29) is 26.9 Å². The van der Waals surface area contributed by atoms with Gasteiger partial charge in [0.2, 0.25) is 0 Å². The predicted octanol–water partition coefficient (Wildman–Crippen LogP) is 3.16. The number of hydrogen-bond acceptors (Lipinski definition) is 5. The van der Waals surface area contributed by atoms with E-state index >= 15 is 0 Å². The molecule has 0 bridgehead atoms. The Morgan fingerprint density at radius 3 is 2.32 bits per heavy atom. The van der Waals surface area contributed by atoms with Gasteiger partial charge < -0.3 is 14.6 Å². The molecule has 0 aliphatic carbocycles. The molecule has 2 N–H and O–H groups in total. The molecular formula is C16H16ClNO6S. The van der Waals surface area contributed by atoms with E-state index < -0.39 is 16.0 Å². The molecule has 25 heavy (non-hydrogen) atoms. The van der Waals surface area contributed by atoms with Crippen LogP contribution in [-0.4, -0.2) is 33.7 Å². The fourth-order valence-corrected chi connectivity index (χ4v) is 3.47. The number of carbonyl (C=O) groups is 1. The van der Waals surface area contributed by atoms with Gasteiger partial charge in [0.15, 0.2) is 0 Å². The summed E-state index contributed by atoms with van der Waals surface area (Å²) in [6, 6.07) is 6.64. The molecule has 0 saturated heterocycles. The summed E-state index contributed by atoms with van der Waals surface area (Å²) in [5.41, 5.74) is 0.463. The molecule has 0 unspecified atom stereocenters. The van der Waals surface area contributed by atoms with E-state index in [9.17, 15) is 13.2 Å². The quantitative estimate of drug-likeness (QED) is 0.791. The molecule has 7 nitrogen and oxygen atoms in total. The van der Waals surface area contributed by atoms with Gasteiger partial charge in [0.25, 0.3) is 10.0 Å². The second kappa shape index (κ2) is 7.20. The molecule has 0 radical (unpaired) electrons. The highest BCUT2D eigenvalue weighted by Gasteiger charge is 2.20. The Kier molecular flexibility index (Phi) is 5.44. The Bertz CT molecular complexity index is 926. The van der Waals surface area contributed by atoms with Gasteiger partial charge in [0.05, 0.1) is 35.4 Å². The largest absolute Gasteiger partial charge is 0.495 e. The van der Waals surface area contributed by atoms with Crippen molar-refractivity contribution in [3.8, 4) is 11.5 Å². The van der Waals surface area contributed by atoms with Crippen LogP contribution in [0.3, 0.4) is 0 Å². The van der Waals surface area contributed by atoms with Crippen molar-refractivity contribution in [3.63, 3.8) is 0 Å². The number of aromatic carboxylic acids is 1. The zero-order valence-corrected chi connectivity index (χ0v) is 15.2. The van der Waals surface area contributed by atoms with E-state index in [0.29, 0.717) is 11.3 Å². The van der Waals surface area contributed by atoms with Crippen LogP contribution in [0.2, 0.25) is 5.02 Å². The van der Waals surface area contributed by atoms with Crippen molar-refractivity contribution < 1.29 is 27.8 Å². The van der Waals surface area contributed by atoms with E-state index in [1.165, 1.54) is 38.5 Å². The number of ether oxygens (including phenoxy) is 2. The first-order valence-electron chi connectivity index (χ1n) is 6.98. The third-order valence-electron chi connectivity index (χ3n) is 3.47. The molecule has 9 heteroatoms. The van der Waals surface area contributed by atoms with Crippen molar-refractivity contribution in [2.45, 2.75) is 11.8 Å². The van der Waals surface area contributed by atoms with Gasteiger partial charge in [-0.1, -0.05) is 17.7 Å². The number of aryl methyl sites for hydroxylation is 1. The predicted molar refractivity (Wildman–Crippen MR) is 93.5 cm³/mol. The lowest BCUT2D eigenvalue weighted by Crippen LogP contribution is -2.15. The maximum atomic E-state index is 12.6. The normalized spacial score (nSPS) is 11.0. The summed E-state index contributed by atoms with van der Waals surface area (Å²) in [6.07, 6.45) is 0. The summed E-state index contributed by atoms with van der Waals surface area (Å²) in [5, 5.41) is 9.35. The first kappa shape index (κ1) is 18.9. The topological polar surface area (TPSA) is 102 Å². The van der Waals surface area contributed by atoms with Crippen LogP contribution >= 0.6 is 11.6 Å². The van der Waals surface area contributed by atoms with Gasteiger partial charge in [-0.3, -0.25) is 4.72 Å². The lowest BCUT2D eigenvalue weighted by molar-refractivity contribution is 0.0696. The van der Waals surface area contributed by atoms with Crippen molar-refractivity contribution >= 4 is 33.3 Å². The fourth-order valence-electron chi connectivity index (χ4n) is 2.14. The van der Waals surface area contributed by atoms with Crippen LogP contribution in [0.4, 0.5) is 5.69 Å². The molecule has 0 atom stereocenters. The minimum atomic E-state index is -4.05. The minimum absolute atomic E-state index is 0.0948. The minimum Gasteiger partial charge on any atom is -0.495 e. The molecular weight excluding hydrogens is 370 g/mol. The van der Waals surface area contributed by atoms with Crippen molar-refractivity contribution in [2.24, 2.45) is 0 Å². The van der Waals surface area contributed by atoms with Gasteiger partial charge >= 0.3 is 5.97 Å². The van der Waals surface area contributed by atoms with Crippen LogP contribution in [0.25, 0.3) is 0 Å². The number of carboxylic acids is 1. The number of hydrogen-bond donors (Lipinski definition) is 2. The smallest absolute Gasteiger partial charge is 0.335 e. The average molecular weight is 386 g/mol. The highest BCUT2D eigenvalue weighted by molar-refractivity contribution is 7.92. The monoisotopic (exact) mass is 385 g/mol. The van der Waals surface area contributed by atoms with E-state index in [1.807, 2.05) is 0 Å². The van der Waals surface area contributed by atoms with Crippen LogP contribution in [0.1, 0.15) is 15.9 Å². The van der Waals surface area contributed by atoms with Gasteiger partial charge in [0.1, 0.15) is 11.5 Å². The number of rotatable bonds is 6. The lowest BCUT2D eigenvalue weighted by Gasteiger charge is -2.14. The molecule has 2 aromatic rings. The molecule has 0 aliphatic rings. The number of carboxylic acid groups (broad SMARTS) is 1. The Morgan fingerprint density at radius 2 is 1.76 bits per heavy atom.